The highest BCUT2D eigenvalue weighted by Gasteiger charge is 2.34. The first kappa shape index (κ1) is 10.8. The Bertz CT molecular complexity index is 322. The fraction of sp³-hybridized carbons (Fsp3) is 0.444. The first-order valence-corrected chi connectivity index (χ1v) is 4.11. The predicted molar refractivity (Wildman–Crippen MR) is 45.1 cm³/mol. The van der Waals surface area contributed by atoms with Crippen LogP contribution < -0.4 is 4.74 Å². The van der Waals surface area contributed by atoms with Crippen molar-refractivity contribution in [1.29, 1.82) is 0 Å². The maximum absolute atomic E-state index is 12.4. The molecular formula is C9H10F3NO. The third-order valence-electron chi connectivity index (χ3n) is 1.61. The van der Waals surface area contributed by atoms with Crippen LogP contribution in [0.3, 0.4) is 0 Å². The third-order valence-corrected chi connectivity index (χ3v) is 1.61. The van der Waals surface area contributed by atoms with Crippen LogP contribution in [0.15, 0.2) is 12.3 Å². The monoisotopic (exact) mass is 205 g/mol. The number of halogens is 3. The van der Waals surface area contributed by atoms with Gasteiger partial charge in [-0.25, -0.2) is 0 Å². The van der Waals surface area contributed by atoms with Gasteiger partial charge in [0.1, 0.15) is 11.3 Å². The van der Waals surface area contributed by atoms with Crippen LogP contribution in [-0.4, -0.2) is 11.6 Å². The fourth-order valence-corrected chi connectivity index (χ4v) is 1.02. The van der Waals surface area contributed by atoms with E-state index in [4.69, 9.17) is 4.74 Å². The summed E-state index contributed by atoms with van der Waals surface area (Å²) in [4.78, 5) is 3.59. The molecule has 0 saturated heterocycles. The van der Waals surface area contributed by atoms with Crippen molar-refractivity contribution in [3.63, 3.8) is 0 Å². The van der Waals surface area contributed by atoms with Gasteiger partial charge in [0.2, 0.25) is 0 Å². The minimum atomic E-state index is -4.41. The molecule has 14 heavy (non-hydrogen) atoms. The molecule has 1 aromatic rings. The summed E-state index contributed by atoms with van der Waals surface area (Å²) >= 11 is 0. The molecule has 0 aliphatic carbocycles. The molecule has 0 aliphatic heterocycles. The van der Waals surface area contributed by atoms with Crippen LogP contribution in [0.5, 0.6) is 5.75 Å². The number of ether oxygens (including phenoxy) is 1. The Morgan fingerprint density at radius 1 is 1.43 bits per heavy atom. The van der Waals surface area contributed by atoms with E-state index in [1.165, 1.54) is 6.07 Å². The molecule has 0 fully saturated rings. The summed E-state index contributed by atoms with van der Waals surface area (Å²) in [6.07, 6.45) is -3.62. The van der Waals surface area contributed by atoms with E-state index < -0.39 is 11.7 Å². The summed E-state index contributed by atoms with van der Waals surface area (Å²) in [7, 11) is 0. The Kier molecular flexibility index (Phi) is 2.98. The van der Waals surface area contributed by atoms with Gasteiger partial charge in [-0.3, -0.25) is 4.98 Å². The molecule has 0 radical (unpaired) electrons. The maximum atomic E-state index is 12.4. The Balaban J connectivity index is 3.15. The lowest BCUT2D eigenvalue weighted by atomic mass is 10.2. The Labute approximate surface area is 79.7 Å². The predicted octanol–water partition coefficient (Wildman–Crippen LogP) is 2.81. The van der Waals surface area contributed by atoms with E-state index in [0.29, 0.717) is 5.69 Å². The highest BCUT2D eigenvalue weighted by molar-refractivity contribution is 5.34. The van der Waals surface area contributed by atoms with E-state index in [9.17, 15) is 13.2 Å². The van der Waals surface area contributed by atoms with E-state index >= 15 is 0 Å². The van der Waals surface area contributed by atoms with Crippen molar-refractivity contribution in [3.05, 3.63) is 23.5 Å². The number of hydrogen-bond donors (Lipinski definition) is 0. The minimum absolute atomic E-state index is 0.160. The maximum Gasteiger partial charge on any atom is 0.421 e. The quantitative estimate of drug-likeness (QED) is 0.740. The molecule has 0 bridgehead atoms. The van der Waals surface area contributed by atoms with Gasteiger partial charge in [0.05, 0.1) is 6.61 Å². The molecule has 1 heterocycles. The van der Waals surface area contributed by atoms with Crippen LogP contribution in [-0.2, 0) is 6.18 Å². The second kappa shape index (κ2) is 3.86. The fourth-order valence-electron chi connectivity index (χ4n) is 1.02. The van der Waals surface area contributed by atoms with Crippen molar-refractivity contribution in [1.82, 2.24) is 4.98 Å². The lowest BCUT2D eigenvalue weighted by Crippen LogP contribution is -2.09. The van der Waals surface area contributed by atoms with Crippen molar-refractivity contribution < 1.29 is 17.9 Å². The number of aromatic nitrogens is 1. The van der Waals surface area contributed by atoms with Crippen molar-refractivity contribution in [2.45, 2.75) is 20.0 Å². The second-order valence-corrected chi connectivity index (χ2v) is 2.75. The third kappa shape index (κ3) is 2.37. The van der Waals surface area contributed by atoms with E-state index in [1.807, 2.05) is 0 Å². The van der Waals surface area contributed by atoms with Gasteiger partial charge < -0.3 is 4.74 Å². The number of alkyl halides is 3. The van der Waals surface area contributed by atoms with Crippen molar-refractivity contribution >= 4 is 0 Å². The molecule has 1 rings (SSSR count). The molecule has 0 unspecified atom stereocenters. The van der Waals surface area contributed by atoms with Crippen LogP contribution in [0, 0.1) is 6.92 Å². The normalized spacial score (nSPS) is 11.5. The zero-order valence-corrected chi connectivity index (χ0v) is 7.85. The zero-order chi connectivity index (χ0) is 10.8. The smallest absolute Gasteiger partial charge is 0.421 e. The lowest BCUT2D eigenvalue weighted by molar-refractivity contribution is -0.139. The largest absolute Gasteiger partial charge is 0.493 e. The van der Waals surface area contributed by atoms with Gasteiger partial charge in [-0.1, -0.05) is 0 Å². The van der Waals surface area contributed by atoms with E-state index in [-0.39, 0.29) is 12.4 Å². The van der Waals surface area contributed by atoms with Gasteiger partial charge in [-0.2, -0.15) is 13.2 Å². The van der Waals surface area contributed by atoms with Gasteiger partial charge in [-0.05, 0) is 13.8 Å². The van der Waals surface area contributed by atoms with E-state index in [0.717, 1.165) is 6.20 Å². The molecule has 5 heteroatoms. The molecule has 0 aromatic carbocycles. The molecule has 0 aliphatic rings. The average Bonchev–Trinajstić information content (AvgIpc) is 2.02. The Morgan fingerprint density at radius 3 is 2.57 bits per heavy atom. The van der Waals surface area contributed by atoms with Crippen LogP contribution in [0.4, 0.5) is 13.2 Å². The Morgan fingerprint density at radius 2 is 2.07 bits per heavy atom. The average molecular weight is 205 g/mol. The molecule has 0 atom stereocenters. The van der Waals surface area contributed by atoms with Crippen molar-refractivity contribution in [2.75, 3.05) is 6.61 Å². The number of nitrogens with zero attached hydrogens (tertiary/aromatic N) is 1. The van der Waals surface area contributed by atoms with Gasteiger partial charge in [0.25, 0.3) is 0 Å². The van der Waals surface area contributed by atoms with E-state index in [1.54, 1.807) is 13.8 Å². The molecule has 0 amide bonds. The van der Waals surface area contributed by atoms with Gasteiger partial charge >= 0.3 is 6.18 Å². The molecular weight excluding hydrogens is 195 g/mol. The summed E-state index contributed by atoms with van der Waals surface area (Å²) in [5.41, 5.74) is -0.327. The summed E-state index contributed by atoms with van der Waals surface area (Å²) in [6.45, 7) is 3.45. The number of rotatable bonds is 2. The van der Waals surface area contributed by atoms with Crippen molar-refractivity contribution in [2.24, 2.45) is 0 Å². The summed E-state index contributed by atoms with van der Waals surface area (Å²) in [5.74, 6) is -0.160. The standard InChI is InChI=1S/C9H10F3NO/c1-3-14-8-4-6(2)13-5-7(8)9(10,11)12/h4-5H,3H2,1-2H3. The molecule has 2 nitrogen and oxygen atoms in total. The summed E-state index contributed by atoms with van der Waals surface area (Å²) in [6, 6.07) is 1.28. The SMILES string of the molecule is CCOc1cc(C)ncc1C(F)(F)F. The first-order valence-electron chi connectivity index (χ1n) is 4.11. The molecule has 1 aromatic heterocycles. The highest BCUT2D eigenvalue weighted by Crippen LogP contribution is 2.35. The highest BCUT2D eigenvalue weighted by atomic mass is 19.4. The summed E-state index contributed by atoms with van der Waals surface area (Å²) < 4.78 is 42.0. The number of hydrogen-bond acceptors (Lipinski definition) is 2. The van der Waals surface area contributed by atoms with Gasteiger partial charge in [0, 0.05) is 18.0 Å². The van der Waals surface area contributed by atoms with Crippen LogP contribution in [0.2, 0.25) is 0 Å². The second-order valence-electron chi connectivity index (χ2n) is 2.75. The van der Waals surface area contributed by atoms with E-state index in [2.05, 4.69) is 4.98 Å². The molecule has 0 N–H and O–H groups in total. The van der Waals surface area contributed by atoms with Crippen molar-refractivity contribution in [3.8, 4) is 5.75 Å². The number of aryl methyl sites for hydroxylation is 1. The van der Waals surface area contributed by atoms with Gasteiger partial charge in [0.15, 0.2) is 0 Å². The number of pyridine rings is 1. The van der Waals surface area contributed by atoms with Crippen LogP contribution >= 0.6 is 0 Å². The minimum Gasteiger partial charge on any atom is -0.493 e. The topological polar surface area (TPSA) is 22.1 Å². The Hall–Kier alpha value is -1.26. The van der Waals surface area contributed by atoms with Crippen LogP contribution in [0.25, 0.3) is 0 Å². The molecule has 0 saturated carbocycles. The first-order chi connectivity index (χ1) is 6.45. The zero-order valence-electron chi connectivity index (χ0n) is 7.85. The molecule has 78 valence electrons. The summed E-state index contributed by atoms with van der Waals surface area (Å²) in [5, 5.41) is 0. The van der Waals surface area contributed by atoms with Crippen LogP contribution in [0.1, 0.15) is 18.2 Å². The lowest BCUT2D eigenvalue weighted by Gasteiger charge is -2.12. The van der Waals surface area contributed by atoms with Gasteiger partial charge in [-0.15, -0.1) is 0 Å². The molecule has 0 spiro atoms.